The van der Waals surface area contributed by atoms with Gasteiger partial charge in [-0.3, -0.25) is 0 Å². The van der Waals surface area contributed by atoms with Crippen molar-refractivity contribution in [3.05, 3.63) is 89.3 Å². The first-order valence-electron chi connectivity index (χ1n) is 9.57. The van der Waals surface area contributed by atoms with Crippen LogP contribution in [0.3, 0.4) is 0 Å². The molecular weight excluding hydrogens is 378 g/mol. The summed E-state index contributed by atoms with van der Waals surface area (Å²) in [5.41, 5.74) is 2.50. The average molecular weight is 399 g/mol. The van der Waals surface area contributed by atoms with E-state index in [0.717, 1.165) is 11.3 Å². The number of ether oxygens (including phenoxy) is 1. The Morgan fingerprint density at radius 1 is 1.00 bits per heavy atom. The Hall–Kier alpha value is -3.98. The maximum absolute atomic E-state index is 9.48. The van der Waals surface area contributed by atoms with E-state index in [2.05, 4.69) is 11.1 Å². The average Bonchev–Trinajstić information content (AvgIpc) is 3.41. The van der Waals surface area contributed by atoms with E-state index in [0.29, 0.717) is 23.9 Å². The van der Waals surface area contributed by atoms with Gasteiger partial charge >= 0.3 is 0 Å². The number of rotatable bonds is 7. The van der Waals surface area contributed by atoms with Gasteiger partial charge in [0.2, 0.25) is 11.6 Å². The van der Waals surface area contributed by atoms with Gasteiger partial charge in [-0.1, -0.05) is 48.0 Å². The Kier molecular flexibility index (Phi) is 5.53. The van der Waals surface area contributed by atoms with E-state index in [4.69, 9.17) is 13.6 Å². The van der Waals surface area contributed by atoms with E-state index in [1.54, 1.807) is 6.07 Å². The molecule has 0 saturated heterocycles. The summed E-state index contributed by atoms with van der Waals surface area (Å²) >= 11 is 0. The second-order valence-electron chi connectivity index (χ2n) is 6.99. The number of aryl methyl sites for hydroxylation is 1. The van der Waals surface area contributed by atoms with Gasteiger partial charge in [-0.15, -0.1) is 0 Å². The molecule has 30 heavy (non-hydrogen) atoms. The second kappa shape index (κ2) is 8.58. The summed E-state index contributed by atoms with van der Waals surface area (Å²) in [7, 11) is 1.86. The van der Waals surface area contributed by atoms with Crippen molar-refractivity contribution < 1.29 is 13.6 Å². The van der Waals surface area contributed by atoms with E-state index in [9.17, 15) is 5.26 Å². The van der Waals surface area contributed by atoms with Crippen molar-refractivity contribution in [3.63, 3.8) is 0 Å². The summed E-state index contributed by atoms with van der Waals surface area (Å²) in [4.78, 5) is 6.15. The fraction of sp³-hybridized carbons (Fsp3) is 0.167. The highest BCUT2D eigenvalue weighted by molar-refractivity contribution is 5.55. The lowest BCUT2D eigenvalue weighted by Crippen LogP contribution is -2.16. The summed E-state index contributed by atoms with van der Waals surface area (Å²) in [6.07, 6.45) is 0. The third kappa shape index (κ3) is 4.36. The molecule has 0 radical (unpaired) electrons. The first-order valence-corrected chi connectivity index (χ1v) is 9.57. The predicted molar refractivity (Wildman–Crippen MR) is 113 cm³/mol. The smallest absolute Gasteiger partial charge is 0.266 e. The van der Waals surface area contributed by atoms with Gasteiger partial charge in [-0.05, 0) is 36.8 Å². The Morgan fingerprint density at radius 2 is 1.77 bits per heavy atom. The van der Waals surface area contributed by atoms with Crippen molar-refractivity contribution >= 4 is 5.88 Å². The summed E-state index contributed by atoms with van der Waals surface area (Å²) in [5.74, 6) is 2.54. The van der Waals surface area contributed by atoms with E-state index in [-0.39, 0.29) is 18.2 Å². The minimum absolute atomic E-state index is 0.220. The summed E-state index contributed by atoms with van der Waals surface area (Å²) in [6, 6.07) is 23.5. The maximum atomic E-state index is 9.48. The molecule has 4 aromatic rings. The van der Waals surface area contributed by atoms with Crippen LogP contribution in [-0.4, -0.2) is 12.0 Å². The number of benzene rings is 2. The lowest BCUT2D eigenvalue weighted by molar-refractivity contribution is 0.271. The SMILES string of the molecule is Cc1ccc(OCc2ccc(-c3nc(C#N)c(N(C)Cc4ccccc4)o3)o2)cc1. The van der Waals surface area contributed by atoms with Crippen LogP contribution >= 0.6 is 0 Å². The molecule has 0 fully saturated rings. The van der Waals surface area contributed by atoms with Crippen molar-refractivity contribution in [2.75, 3.05) is 11.9 Å². The molecule has 0 unspecified atom stereocenters. The van der Waals surface area contributed by atoms with Crippen LogP contribution < -0.4 is 9.64 Å². The van der Waals surface area contributed by atoms with Gasteiger partial charge < -0.3 is 18.5 Å². The van der Waals surface area contributed by atoms with Crippen LogP contribution in [0.25, 0.3) is 11.7 Å². The quantitative estimate of drug-likeness (QED) is 0.418. The normalized spacial score (nSPS) is 10.6. The molecule has 0 atom stereocenters. The van der Waals surface area contributed by atoms with Gasteiger partial charge in [0.05, 0.1) is 0 Å². The monoisotopic (exact) mass is 399 g/mol. The van der Waals surface area contributed by atoms with Crippen molar-refractivity contribution in [1.82, 2.24) is 4.98 Å². The first kappa shape index (κ1) is 19.3. The van der Waals surface area contributed by atoms with Gasteiger partial charge in [0.15, 0.2) is 5.76 Å². The molecule has 150 valence electrons. The van der Waals surface area contributed by atoms with Gasteiger partial charge in [-0.2, -0.15) is 10.2 Å². The molecule has 2 aromatic carbocycles. The number of anilines is 1. The molecule has 0 aliphatic heterocycles. The highest BCUT2D eigenvalue weighted by Gasteiger charge is 2.20. The van der Waals surface area contributed by atoms with Crippen LogP contribution in [0, 0.1) is 18.3 Å². The van der Waals surface area contributed by atoms with Crippen LogP contribution in [0.4, 0.5) is 5.88 Å². The lowest BCUT2D eigenvalue weighted by Gasteiger charge is -2.15. The number of hydrogen-bond donors (Lipinski definition) is 0. The molecule has 0 aliphatic rings. The van der Waals surface area contributed by atoms with Crippen molar-refractivity contribution in [2.45, 2.75) is 20.1 Å². The minimum atomic E-state index is 0.220. The van der Waals surface area contributed by atoms with Gasteiger partial charge in [-0.25, -0.2) is 0 Å². The van der Waals surface area contributed by atoms with Crippen molar-refractivity contribution in [3.8, 4) is 23.5 Å². The molecule has 6 heteroatoms. The molecule has 2 heterocycles. The molecule has 4 rings (SSSR count). The van der Waals surface area contributed by atoms with Crippen LogP contribution in [0.1, 0.15) is 22.6 Å². The molecule has 0 spiro atoms. The second-order valence-corrected chi connectivity index (χ2v) is 6.99. The van der Waals surface area contributed by atoms with Crippen LogP contribution in [0.5, 0.6) is 5.75 Å². The Balaban J connectivity index is 1.48. The highest BCUT2D eigenvalue weighted by Crippen LogP contribution is 2.30. The first-order chi connectivity index (χ1) is 14.6. The van der Waals surface area contributed by atoms with Crippen molar-refractivity contribution in [1.29, 1.82) is 5.26 Å². The third-order valence-corrected chi connectivity index (χ3v) is 4.60. The molecule has 0 aliphatic carbocycles. The third-order valence-electron chi connectivity index (χ3n) is 4.60. The molecular formula is C24H21N3O3. The fourth-order valence-electron chi connectivity index (χ4n) is 3.04. The van der Waals surface area contributed by atoms with Crippen molar-refractivity contribution in [2.24, 2.45) is 0 Å². The van der Waals surface area contributed by atoms with Crippen LogP contribution in [0.2, 0.25) is 0 Å². The number of aromatic nitrogens is 1. The Morgan fingerprint density at radius 3 is 2.50 bits per heavy atom. The highest BCUT2D eigenvalue weighted by atomic mass is 16.5. The number of oxazole rings is 1. The fourth-order valence-corrected chi connectivity index (χ4v) is 3.04. The molecule has 0 bridgehead atoms. The summed E-state index contributed by atoms with van der Waals surface area (Å²) < 4.78 is 17.4. The predicted octanol–water partition coefficient (Wildman–Crippen LogP) is 5.33. The van der Waals surface area contributed by atoms with E-state index >= 15 is 0 Å². The lowest BCUT2D eigenvalue weighted by atomic mass is 10.2. The number of nitriles is 1. The van der Waals surface area contributed by atoms with Crippen LogP contribution in [-0.2, 0) is 13.2 Å². The molecule has 0 amide bonds. The van der Waals surface area contributed by atoms with Gasteiger partial charge in [0.1, 0.15) is 24.2 Å². The number of nitrogens with zero attached hydrogens (tertiary/aromatic N) is 3. The van der Waals surface area contributed by atoms with Crippen LogP contribution in [0.15, 0.2) is 75.6 Å². The minimum Gasteiger partial charge on any atom is -0.486 e. The Bertz CT molecular complexity index is 1150. The number of furan rings is 1. The number of hydrogen-bond acceptors (Lipinski definition) is 6. The summed E-state index contributed by atoms with van der Waals surface area (Å²) in [6.45, 7) is 2.91. The summed E-state index contributed by atoms with van der Waals surface area (Å²) in [5, 5.41) is 9.48. The maximum Gasteiger partial charge on any atom is 0.266 e. The van der Waals surface area contributed by atoms with E-state index in [1.165, 1.54) is 5.56 Å². The Labute approximate surface area is 175 Å². The largest absolute Gasteiger partial charge is 0.486 e. The topological polar surface area (TPSA) is 75.4 Å². The molecule has 0 N–H and O–H groups in total. The molecule has 0 saturated carbocycles. The molecule has 2 aromatic heterocycles. The zero-order valence-electron chi connectivity index (χ0n) is 16.8. The van der Waals surface area contributed by atoms with E-state index in [1.807, 2.05) is 79.5 Å². The standard InChI is InChI=1S/C24H21N3O3/c1-17-8-10-19(11-9-17)28-16-20-12-13-22(29-20)23-26-21(14-25)24(30-23)27(2)15-18-6-4-3-5-7-18/h3-13H,15-16H2,1-2H3. The molecule has 6 nitrogen and oxygen atoms in total. The van der Waals surface area contributed by atoms with Gasteiger partial charge in [0.25, 0.3) is 5.89 Å². The zero-order chi connectivity index (χ0) is 20.9. The van der Waals surface area contributed by atoms with E-state index < -0.39 is 0 Å². The van der Waals surface area contributed by atoms with Gasteiger partial charge in [0, 0.05) is 13.6 Å². The zero-order valence-corrected chi connectivity index (χ0v) is 16.8.